The van der Waals surface area contributed by atoms with E-state index in [2.05, 4.69) is 27.8 Å². The molecule has 0 unspecified atom stereocenters. The van der Waals surface area contributed by atoms with Gasteiger partial charge in [-0.05, 0) is 32.4 Å². The summed E-state index contributed by atoms with van der Waals surface area (Å²) in [6, 6.07) is 3.73. The van der Waals surface area contributed by atoms with Crippen molar-refractivity contribution in [1.29, 1.82) is 0 Å². The molecule has 1 atom stereocenters. The maximum absolute atomic E-state index is 11.3. The largest absolute Gasteiger partial charge is 0.354 e. The van der Waals surface area contributed by atoms with Crippen molar-refractivity contribution in [2.75, 3.05) is 6.54 Å². The molecule has 0 radical (unpaired) electrons. The van der Waals surface area contributed by atoms with E-state index in [4.69, 9.17) is 5.73 Å². The summed E-state index contributed by atoms with van der Waals surface area (Å²) in [6.45, 7) is 4.31. The zero-order valence-corrected chi connectivity index (χ0v) is 12.6. The molecule has 0 spiro atoms. The highest BCUT2D eigenvalue weighted by Crippen LogP contribution is 2.29. The normalized spacial score (nSPS) is 12.4. The van der Waals surface area contributed by atoms with E-state index in [0.717, 1.165) is 17.1 Å². The average Bonchev–Trinajstić information content (AvgIpc) is 2.97. The van der Waals surface area contributed by atoms with Gasteiger partial charge in [-0.2, -0.15) is 0 Å². The molecule has 0 aliphatic carbocycles. The third-order valence-electron chi connectivity index (χ3n) is 2.62. The molecule has 2 aromatic heterocycles. The molecule has 2 aromatic rings. The third-order valence-corrected chi connectivity index (χ3v) is 4.56. The van der Waals surface area contributed by atoms with Crippen molar-refractivity contribution in [3.63, 3.8) is 0 Å². The molecule has 4 nitrogen and oxygen atoms in total. The number of carbonyl (C=O) groups excluding carboxylic acids is 1. The van der Waals surface area contributed by atoms with Crippen LogP contribution in [-0.4, -0.2) is 23.5 Å². The van der Waals surface area contributed by atoms with Gasteiger partial charge in [0.1, 0.15) is 0 Å². The summed E-state index contributed by atoms with van der Waals surface area (Å²) >= 11 is 3.38. The van der Waals surface area contributed by atoms with Crippen LogP contribution < -0.4 is 11.1 Å². The highest BCUT2D eigenvalue weighted by Gasteiger charge is 2.08. The Balaban J connectivity index is 1.89. The number of aryl methyl sites for hydroxylation is 1. The number of amides is 1. The highest BCUT2D eigenvalue weighted by molar-refractivity contribution is 7.16. The summed E-state index contributed by atoms with van der Waals surface area (Å²) in [7, 11) is 0. The SMILES string of the molecule is Cc1nc(-c2ccc(CCNC(=O)[C@@H](C)N)s2)cs1. The number of nitrogens with one attached hydrogen (secondary N) is 1. The van der Waals surface area contributed by atoms with Gasteiger partial charge < -0.3 is 11.1 Å². The van der Waals surface area contributed by atoms with E-state index in [0.29, 0.717) is 6.54 Å². The van der Waals surface area contributed by atoms with Crippen molar-refractivity contribution in [1.82, 2.24) is 10.3 Å². The molecule has 0 aliphatic rings. The lowest BCUT2D eigenvalue weighted by Gasteiger charge is -2.06. The maximum atomic E-state index is 11.3. The van der Waals surface area contributed by atoms with Crippen LogP contribution in [0.15, 0.2) is 17.5 Å². The van der Waals surface area contributed by atoms with Crippen molar-refractivity contribution in [2.45, 2.75) is 26.3 Å². The molecule has 0 saturated heterocycles. The number of rotatable bonds is 5. The van der Waals surface area contributed by atoms with Crippen LogP contribution in [0.3, 0.4) is 0 Å². The van der Waals surface area contributed by atoms with Crippen LogP contribution in [-0.2, 0) is 11.2 Å². The first-order valence-electron chi connectivity index (χ1n) is 6.11. The van der Waals surface area contributed by atoms with Gasteiger partial charge in [-0.15, -0.1) is 22.7 Å². The van der Waals surface area contributed by atoms with E-state index in [1.165, 1.54) is 9.75 Å². The number of nitrogens with two attached hydrogens (primary N) is 1. The Hall–Kier alpha value is -1.24. The number of carbonyl (C=O) groups is 1. The van der Waals surface area contributed by atoms with Crippen molar-refractivity contribution < 1.29 is 4.79 Å². The molecule has 19 heavy (non-hydrogen) atoms. The highest BCUT2D eigenvalue weighted by atomic mass is 32.1. The van der Waals surface area contributed by atoms with Crippen LogP contribution in [0.1, 0.15) is 16.8 Å². The van der Waals surface area contributed by atoms with Gasteiger partial charge in [0.05, 0.1) is 21.6 Å². The Bertz CT molecular complexity index is 560. The molecule has 0 aliphatic heterocycles. The van der Waals surface area contributed by atoms with Crippen LogP contribution in [0.4, 0.5) is 0 Å². The van der Waals surface area contributed by atoms with Gasteiger partial charge >= 0.3 is 0 Å². The van der Waals surface area contributed by atoms with Gasteiger partial charge in [0.15, 0.2) is 0 Å². The maximum Gasteiger partial charge on any atom is 0.236 e. The number of hydrogen-bond donors (Lipinski definition) is 2. The van der Waals surface area contributed by atoms with Crippen LogP contribution >= 0.6 is 22.7 Å². The van der Waals surface area contributed by atoms with Gasteiger partial charge in [-0.3, -0.25) is 4.79 Å². The van der Waals surface area contributed by atoms with Gasteiger partial charge in [0.2, 0.25) is 5.91 Å². The first-order valence-corrected chi connectivity index (χ1v) is 7.80. The molecular weight excluding hydrogens is 278 g/mol. The summed E-state index contributed by atoms with van der Waals surface area (Å²) in [5.41, 5.74) is 6.52. The van der Waals surface area contributed by atoms with E-state index in [1.54, 1.807) is 29.6 Å². The second kappa shape index (κ2) is 6.27. The van der Waals surface area contributed by atoms with E-state index >= 15 is 0 Å². The molecule has 2 heterocycles. The van der Waals surface area contributed by atoms with Crippen molar-refractivity contribution in [3.05, 3.63) is 27.4 Å². The van der Waals surface area contributed by atoms with Crippen LogP contribution in [0.2, 0.25) is 0 Å². The smallest absolute Gasteiger partial charge is 0.236 e. The summed E-state index contributed by atoms with van der Waals surface area (Å²) < 4.78 is 0. The molecule has 102 valence electrons. The fraction of sp³-hybridized carbons (Fsp3) is 0.385. The lowest BCUT2D eigenvalue weighted by atomic mass is 10.3. The molecule has 3 N–H and O–H groups in total. The Kier molecular flexibility index (Phi) is 4.68. The monoisotopic (exact) mass is 295 g/mol. The summed E-state index contributed by atoms with van der Waals surface area (Å²) in [4.78, 5) is 18.2. The number of hydrogen-bond acceptors (Lipinski definition) is 5. The zero-order valence-electron chi connectivity index (χ0n) is 11.0. The Labute approximate surface area is 120 Å². The average molecular weight is 295 g/mol. The van der Waals surface area contributed by atoms with Gasteiger partial charge in [0, 0.05) is 16.8 Å². The van der Waals surface area contributed by atoms with E-state index in [-0.39, 0.29) is 5.91 Å². The van der Waals surface area contributed by atoms with Gasteiger partial charge in [-0.1, -0.05) is 0 Å². The Morgan fingerprint density at radius 2 is 2.32 bits per heavy atom. The molecule has 0 saturated carbocycles. The minimum Gasteiger partial charge on any atom is -0.354 e. The predicted octanol–water partition coefficient (Wildman–Crippen LogP) is 2.19. The fourth-order valence-corrected chi connectivity index (χ4v) is 3.25. The number of thiophene rings is 1. The van der Waals surface area contributed by atoms with Crippen molar-refractivity contribution >= 4 is 28.6 Å². The van der Waals surface area contributed by atoms with Gasteiger partial charge in [0.25, 0.3) is 0 Å². The van der Waals surface area contributed by atoms with Crippen LogP contribution in [0, 0.1) is 6.92 Å². The first-order chi connectivity index (χ1) is 9.06. The Morgan fingerprint density at radius 3 is 2.95 bits per heavy atom. The molecular formula is C13H17N3OS2. The Morgan fingerprint density at radius 1 is 1.53 bits per heavy atom. The topological polar surface area (TPSA) is 68.0 Å². The van der Waals surface area contributed by atoms with Crippen LogP contribution in [0.5, 0.6) is 0 Å². The number of thiazole rings is 1. The van der Waals surface area contributed by atoms with Crippen molar-refractivity contribution in [2.24, 2.45) is 5.73 Å². The molecule has 0 fully saturated rings. The van der Waals surface area contributed by atoms with E-state index in [1.807, 2.05) is 6.92 Å². The standard InChI is InChI=1S/C13H17N3OS2/c1-8(14)13(17)15-6-5-10-3-4-12(19-10)11-7-18-9(2)16-11/h3-4,7-8H,5-6,14H2,1-2H3,(H,15,17)/t8-/m1/s1. The quantitative estimate of drug-likeness (QED) is 0.888. The van der Waals surface area contributed by atoms with Crippen LogP contribution in [0.25, 0.3) is 10.6 Å². The molecule has 0 aromatic carbocycles. The van der Waals surface area contributed by atoms with E-state index < -0.39 is 6.04 Å². The first kappa shape index (κ1) is 14.2. The second-order valence-corrected chi connectivity index (χ2v) is 6.58. The second-order valence-electron chi connectivity index (χ2n) is 4.35. The minimum atomic E-state index is -0.447. The minimum absolute atomic E-state index is 0.105. The summed E-state index contributed by atoms with van der Waals surface area (Å²) in [5, 5.41) is 5.96. The van der Waals surface area contributed by atoms with E-state index in [9.17, 15) is 4.79 Å². The molecule has 6 heteroatoms. The van der Waals surface area contributed by atoms with Gasteiger partial charge in [-0.25, -0.2) is 4.98 Å². The zero-order chi connectivity index (χ0) is 13.8. The van der Waals surface area contributed by atoms with Crippen molar-refractivity contribution in [3.8, 4) is 10.6 Å². The molecule has 1 amide bonds. The summed E-state index contributed by atoms with van der Waals surface area (Å²) in [6.07, 6.45) is 0.826. The lowest BCUT2D eigenvalue weighted by Crippen LogP contribution is -2.39. The fourth-order valence-electron chi connectivity index (χ4n) is 1.60. The third kappa shape index (κ3) is 3.86. The molecule has 2 rings (SSSR count). The lowest BCUT2D eigenvalue weighted by molar-refractivity contribution is -0.121. The summed E-state index contributed by atoms with van der Waals surface area (Å²) in [5.74, 6) is -0.105. The molecule has 0 bridgehead atoms. The number of nitrogens with zero attached hydrogens (tertiary/aromatic N) is 1. The predicted molar refractivity (Wildman–Crippen MR) is 80.5 cm³/mol. The number of aromatic nitrogens is 1.